The predicted molar refractivity (Wildman–Crippen MR) is 85.0 cm³/mol. The molecule has 1 aromatic rings. The molecule has 114 valence electrons. The maximum atomic E-state index is 13.0. The number of benzene rings is 1. The van der Waals surface area contributed by atoms with E-state index in [1.807, 2.05) is 24.3 Å². The number of carbonyl (C=O) groups is 1. The molecule has 2 atom stereocenters. The lowest BCUT2D eigenvalue weighted by Gasteiger charge is -2.25. The summed E-state index contributed by atoms with van der Waals surface area (Å²) < 4.78 is 0. The largest absolute Gasteiger partial charge is 0.399 e. The van der Waals surface area contributed by atoms with Crippen molar-refractivity contribution in [1.29, 1.82) is 0 Å². The van der Waals surface area contributed by atoms with E-state index >= 15 is 0 Å². The highest BCUT2D eigenvalue weighted by atomic mass is 16.2. The van der Waals surface area contributed by atoms with Gasteiger partial charge in [-0.25, -0.2) is 0 Å². The molecule has 0 spiro atoms. The summed E-state index contributed by atoms with van der Waals surface area (Å²) in [6.07, 6.45) is 1.93. The van der Waals surface area contributed by atoms with Gasteiger partial charge in [0.1, 0.15) is 0 Å². The van der Waals surface area contributed by atoms with E-state index in [-0.39, 0.29) is 5.41 Å². The number of nitrogens with zero attached hydrogens (tertiary/aromatic N) is 2. The molecular weight excluding hydrogens is 262 g/mol. The fourth-order valence-electron chi connectivity index (χ4n) is 3.64. The summed E-state index contributed by atoms with van der Waals surface area (Å²) in [7, 11) is 4.20. The maximum absolute atomic E-state index is 13.0. The molecule has 1 aromatic carbocycles. The van der Waals surface area contributed by atoms with Crippen LogP contribution in [0, 0.1) is 5.92 Å². The molecule has 2 aliphatic rings. The summed E-state index contributed by atoms with van der Waals surface area (Å²) in [5, 5.41) is 0. The molecule has 1 amide bonds. The number of amides is 1. The van der Waals surface area contributed by atoms with Gasteiger partial charge in [0.25, 0.3) is 0 Å². The van der Waals surface area contributed by atoms with Crippen LogP contribution in [0.15, 0.2) is 24.3 Å². The lowest BCUT2D eigenvalue weighted by Crippen LogP contribution is -2.40. The van der Waals surface area contributed by atoms with Gasteiger partial charge in [0.2, 0.25) is 5.91 Å². The second-order valence-electron chi connectivity index (χ2n) is 6.92. The minimum absolute atomic E-state index is 0.269. The van der Waals surface area contributed by atoms with Gasteiger partial charge in [-0.1, -0.05) is 19.1 Å². The second kappa shape index (κ2) is 5.02. The van der Waals surface area contributed by atoms with Gasteiger partial charge in [-0.2, -0.15) is 0 Å². The molecule has 2 unspecified atom stereocenters. The third kappa shape index (κ3) is 2.42. The molecule has 0 aromatic heterocycles. The van der Waals surface area contributed by atoms with Crippen LogP contribution in [0.5, 0.6) is 0 Å². The van der Waals surface area contributed by atoms with Gasteiger partial charge in [0.15, 0.2) is 0 Å². The van der Waals surface area contributed by atoms with Gasteiger partial charge in [-0.15, -0.1) is 0 Å². The molecule has 4 heteroatoms. The van der Waals surface area contributed by atoms with Crippen LogP contribution in [0.1, 0.15) is 25.3 Å². The normalized spacial score (nSPS) is 27.1. The molecule has 2 fully saturated rings. The molecule has 2 N–H and O–H groups in total. The highest BCUT2D eigenvalue weighted by Crippen LogP contribution is 2.50. The highest BCUT2D eigenvalue weighted by molar-refractivity contribution is 5.91. The Labute approximate surface area is 126 Å². The summed E-state index contributed by atoms with van der Waals surface area (Å²) in [4.78, 5) is 17.3. The van der Waals surface area contributed by atoms with Gasteiger partial charge in [-0.3, -0.25) is 4.79 Å². The first-order valence-electron chi connectivity index (χ1n) is 7.76. The fraction of sp³-hybridized carbons (Fsp3) is 0.588. The number of likely N-dealkylation sites (tertiary alicyclic amines) is 1. The molecule has 21 heavy (non-hydrogen) atoms. The zero-order chi connectivity index (χ0) is 15.2. The van der Waals surface area contributed by atoms with Crippen molar-refractivity contribution in [1.82, 2.24) is 9.80 Å². The first kappa shape index (κ1) is 14.4. The van der Waals surface area contributed by atoms with Crippen molar-refractivity contribution in [3.05, 3.63) is 29.8 Å². The van der Waals surface area contributed by atoms with Crippen LogP contribution >= 0.6 is 0 Å². The van der Waals surface area contributed by atoms with Crippen LogP contribution in [0.2, 0.25) is 0 Å². The van der Waals surface area contributed by atoms with Gasteiger partial charge in [0, 0.05) is 24.8 Å². The van der Waals surface area contributed by atoms with Crippen LogP contribution in [-0.4, -0.2) is 48.9 Å². The molecule has 3 rings (SSSR count). The quantitative estimate of drug-likeness (QED) is 0.861. The number of hydrogen-bond donors (Lipinski definition) is 1. The summed E-state index contributed by atoms with van der Waals surface area (Å²) >= 11 is 0. The Balaban J connectivity index is 1.78. The van der Waals surface area contributed by atoms with Crippen LogP contribution in [0.3, 0.4) is 0 Å². The zero-order valence-electron chi connectivity index (χ0n) is 13.2. The topological polar surface area (TPSA) is 49.6 Å². The lowest BCUT2D eigenvalue weighted by molar-refractivity contribution is -0.133. The molecule has 1 aliphatic heterocycles. The number of rotatable bonds is 3. The standard InChI is InChI=1S/C17H25N3O/c1-12-10-20(11-15(12)19(2)3)16(21)17(8-9-17)13-4-6-14(18)7-5-13/h4-7,12,15H,8-11,18H2,1-3H3. The van der Waals surface area contributed by atoms with Crippen molar-refractivity contribution >= 4 is 11.6 Å². The average Bonchev–Trinajstić information content (AvgIpc) is 3.16. The second-order valence-corrected chi connectivity index (χ2v) is 6.92. The van der Waals surface area contributed by atoms with Crippen molar-refractivity contribution < 1.29 is 4.79 Å². The molecule has 1 saturated heterocycles. The van der Waals surface area contributed by atoms with Crippen molar-refractivity contribution in [2.75, 3.05) is 32.9 Å². The lowest BCUT2D eigenvalue weighted by atomic mass is 9.94. The summed E-state index contributed by atoms with van der Waals surface area (Å²) in [6, 6.07) is 8.30. The summed E-state index contributed by atoms with van der Waals surface area (Å²) in [5.74, 6) is 0.842. The van der Waals surface area contributed by atoms with E-state index in [1.54, 1.807) is 0 Å². The summed E-state index contributed by atoms with van der Waals surface area (Å²) in [5.41, 5.74) is 7.37. The van der Waals surface area contributed by atoms with Gasteiger partial charge in [-0.05, 0) is 50.6 Å². The van der Waals surface area contributed by atoms with Crippen molar-refractivity contribution in [2.24, 2.45) is 5.92 Å². The number of carbonyl (C=O) groups excluding carboxylic acids is 1. The number of nitrogen functional groups attached to an aromatic ring is 1. The molecule has 0 radical (unpaired) electrons. The van der Waals surface area contributed by atoms with Gasteiger partial charge >= 0.3 is 0 Å². The third-order valence-corrected chi connectivity index (χ3v) is 5.15. The van der Waals surface area contributed by atoms with E-state index in [4.69, 9.17) is 5.73 Å². The first-order chi connectivity index (χ1) is 9.94. The number of hydrogen-bond acceptors (Lipinski definition) is 3. The van der Waals surface area contributed by atoms with Crippen molar-refractivity contribution in [3.8, 4) is 0 Å². The average molecular weight is 287 g/mol. The molecule has 0 bridgehead atoms. The smallest absolute Gasteiger partial charge is 0.233 e. The molecule has 1 heterocycles. The zero-order valence-corrected chi connectivity index (χ0v) is 13.2. The number of anilines is 1. The van der Waals surface area contributed by atoms with Crippen LogP contribution in [-0.2, 0) is 10.2 Å². The van der Waals surface area contributed by atoms with Crippen molar-refractivity contribution in [3.63, 3.8) is 0 Å². The highest BCUT2D eigenvalue weighted by Gasteiger charge is 2.54. The van der Waals surface area contributed by atoms with E-state index in [0.29, 0.717) is 17.9 Å². The Bertz CT molecular complexity index is 533. The summed E-state index contributed by atoms with van der Waals surface area (Å²) in [6.45, 7) is 3.96. The Kier molecular flexibility index (Phi) is 3.44. The SMILES string of the molecule is CC1CN(C(=O)C2(c3ccc(N)cc3)CC2)CC1N(C)C. The van der Waals surface area contributed by atoms with E-state index in [9.17, 15) is 4.79 Å². The van der Waals surface area contributed by atoms with Crippen LogP contribution < -0.4 is 5.73 Å². The van der Waals surface area contributed by atoms with Gasteiger partial charge < -0.3 is 15.5 Å². The maximum Gasteiger partial charge on any atom is 0.233 e. The Hall–Kier alpha value is -1.55. The Morgan fingerprint density at radius 2 is 1.86 bits per heavy atom. The predicted octanol–water partition coefficient (Wildman–Crippen LogP) is 1.71. The fourth-order valence-corrected chi connectivity index (χ4v) is 3.64. The molecule has 1 aliphatic carbocycles. The molecule has 4 nitrogen and oxygen atoms in total. The van der Waals surface area contributed by atoms with E-state index in [0.717, 1.165) is 37.2 Å². The number of nitrogens with two attached hydrogens (primary N) is 1. The van der Waals surface area contributed by atoms with Crippen LogP contribution in [0.4, 0.5) is 5.69 Å². The van der Waals surface area contributed by atoms with E-state index in [1.165, 1.54) is 0 Å². The van der Waals surface area contributed by atoms with Crippen LogP contribution in [0.25, 0.3) is 0 Å². The Morgan fingerprint density at radius 3 is 2.33 bits per heavy atom. The van der Waals surface area contributed by atoms with Gasteiger partial charge in [0.05, 0.1) is 5.41 Å². The first-order valence-corrected chi connectivity index (χ1v) is 7.76. The number of likely N-dealkylation sites (N-methyl/N-ethyl adjacent to an activating group) is 1. The third-order valence-electron chi connectivity index (χ3n) is 5.15. The van der Waals surface area contributed by atoms with Crippen molar-refractivity contribution in [2.45, 2.75) is 31.2 Å². The molecular formula is C17H25N3O. The Morgan fingerprint density at radius 1 is 1.24 bits per heavy atom. The minimum atomic E-state index is -0.269. The van der Waals surface area contributed by atoms with E-state index in [2.05, 4.69) is 30.8 Å². The minimum Gasteiger partial charge on any atom is -0.399 e. The van der Waals surface area contributed by atoms with E-state index < -0.39 is 0 Å². The monoisotopic (exact) mass is 287 g/mol. The molecule has 1 saturated carbocycles.